The Bertz CT molecular complexity index is 1210. The monoisotopic (exact) mass is 415 g/mol. The molecule has 0 atom stereocenters. The van der Waals surface area contributed by atoms with Gasteiger partial charge < -0.3 is 10.6 Å². The molecule has 0 unspecified atom stereocenters. The fourth-order valence-corrected chi connectivity index (χ4v) is 4.08. The second-order valence-corrected chi connectivity index (χ2v) is 8.03. The van der Waals surface area contributed by atoms with Gasteiger partial charge in [-0.2, -0.15) is 0 Å². The van der Waals surface area contributed by atoms with Crippen LogP contribution in [0.1, 0.15) is 29.3 Å². The molecule has 4 aromatic rings. The van der Waals surface area contributed by atoms with Crippen molar-refractivity contribution in [3.63, 3.8) is 0 Å². The number of hydrogen-bond acceptors (Lipinski definition) is 4. The highest BCUT2D eigenvalue weighted by Gasteiger charge is 2.09. The molecule has 0 saturated heterocycles. The van der Waals surface area contributed by atoms with Gasteiger partial charge in [0, 0.05) is 28.9 Å². The van der Waals surface area contributed by atoms with Crippen LogP contribution in [0.4, 0.5) is 11.4 Å². The van der Waals surface area contributed by atoms with Crippen LogP contribution in [0.3, 0.4) is 0 Å². The molecule has 0 spiro atoms. The number of carbonyl (C=O) groups is 2. The Hall–Kier alpha value is -3.51. The van der Waals surface area contributed by atoms with Crippen molar-refractivity contribution < 1.29 is 9.59 Å². The SMILES string of the molecule is CCC(=O)Nc1ccc(C(=O)Nc2ccc(-c3nc4ccc(C)cc4s3)cc2)cc1. The first kappa shape index (κ1) is 19.8. The van der Waals surface area contributed by atoms with E-state index >= 15 is 0 Å². The molecule has 150 valence electrons. The average Bonchev–Trinajstić information content (AvgIpc) is 3.17. The van der Waals surface area contributed by atoms with Crippen LogP contribution in [0.2, 0.25) is 0 Å². The summed E-state index contributed by atoms with van der Waals surface area (Å²) in [4.78, 5) is 28.6. The minimum absolute atomic E-state index is 0.0597. The number of fused-ring (bicyclic) bond motifs is 1. The Kier molecular flexibility index (Phi) is 5.59. The quantitative estimate of drug-likeness (QED) is 0.428. The highest BCUT2D eigenvalue weighted by molar-refractivity contribution is 7.21. The fourth-order valence-electron chi connectivity index (χ4n) is 3.01. The molecule has 5 nitrogen and oxygen atoms in total. The zero-order valence-electron chi connectivity index (χ0n) is 16.7. The van der Waals surface area contributed by atoms with Crippen molar-refractivity contribution in [2.75, 3.05) is 10.6 Å². The maximum Gasteiger partial charge on any atom is 0.255 e. The molecule has 0 fully saturated rings. The molecule has 4 rings (SSSR count). The van der Waals surface area contributed by atoms with Crippen molar-refractivity contribution in [1.29, 1.82) is 0 Å². The van der Waals surface area contributed by atoms with E-state index in [2.05, 4.69) is 29.7 Å². The number of anilines is 2. The van der Waals surface area contributed by atoms with E-state index in [1.54, 1.807) is 42.5 Å². The van der Waals surface area contributed by atoms with E-state index in [4.69, 9.17) is 4.98 Å². The number of nitrogens with one attached hydrogen (secondary N) is 2. The van der Waals surface area contributed by atoms with Gasteiger partial charge in [-0.1, -0.05) is 13.0 Å². The van der Waals surface area contributed by atoms with Crippen LogP contribution in [0.25, 0.3) is 20.8 Å². The number of thiazole rings is 1. The molecular formula is C24H21N3O2S. The van der Waals surface area contributed by atoms with Crippen molar-refractivity contribution >= 4 is 44.7 Å². The summed E-state index contributed by atoms with van der Waals surface area (Å²) < 4.78 is 1.17. The van der Waals surface area contributed by atoms with Gasteiger partial charge in [-0.25, -0.2) is 4.98 Å². The first-order valence-corrected chi connectivity index (χ1v) is 10.5. The third-order valence-corrected chi connectivity index (χ3v) is 5.75. The molecule has 0 aliphatic carbocycles. The summed E-state index contributed by atoms with van der Waals surface area (Å²) >= 11 is 1.66. The molecule has 0 bridgehead atoms. The van der Waals surface area contributed by atoms with Gasteiger partial charge in [-0.05, 0) is 73.2 Å². The zero-order chi connectivity index (χ0) is 21.1. The molecule has 1 heterocycles. The Morgan fingerprint density at radius 2 is 1.57 bits per heavy atom. The van der Waals surface area contributed by atoms with Crippen LogP contribution >= 0.6 is 11.3 Å². The van der Waals surface area contributed by atoms with Crippen LogP contribution in [-0.4, -0.2) is 16.8 Å². The lowest BCUT2D eigenvalue weighted by Crippen LogP contribution is -2.12. The third-order valence-electron chi connectivity index (χ3n) is 4.69. The third kappa shape index (κ3) is 4.39. The number of benzene rings is 3. The number of hydrogen-bond donors (Lipinski definition) is 2. The van der Waals surface area contributed by atoms with E-state index in [9.17, 15) is 9.59 Å². The summed E-state index contributed by atoms with van der Waals surface area (Å²) in [5, 5.41) is 6.62. The Labute approximate surface area is 178 Å². The summed E-state index contributed by atoms with van der Waals surface area (Å²) in [6.07, 6.45) is 0.412. The molecule has 2 amide bonds. The van der Waals surface area contributed by atoms with E-state index in [1.165, 1.54) is 10.3 Å². The van der Waals surface area contributed by atoms with Gasteiger partial charge in [0.1, 0.15) is 5.01 Å². The maximum atomic E-state index is 12.5. The lowest BCUT2D eigenvalue weighted by atomic mass is 10.1. The molecule has 30 heavy (non-hydrogen) atoms. The van der Waals surface area contributed by atoms with E-state index in [0.29, 0.717) is 23.4 Å². The van der Waals surface area contributed by atoms with E-state index < -0.39 is 0 Å². The fraction of sp³-hybridized carbons (Fsp3) is 0.125. The van der Waals surface area contributed by atoms with Crippen LogP contribution in [0, 0.1) is 6.92 Å². The number of nitrogens with zero attached hydrogens (tertiary/aromatic N) is 1. The molecule has 6 heteroatoms. The van der Waals surface area contributed by atoms with E-state index in [1.807, 2.05) is 30.3 Å². The number of amides is 2. The molecule has 0 saturated carbocycles. The summed E-state index contributed by atoms with van der Waals surface area (Å²) in [7, 11) is 0. The van der Waals surface area contributed by atoms with E-state index in [0.717, 1.165) is 16.1 Å². The number of aromatic nitrogens is 1. The first-order valence-electron chi connectivity index (χ1n) is 9.71. The van der Waals surface area contributed by atoms with Gasteiger partial charge >= 0.3 is 0 Å². The minimum atomic E-state index is -0.202. The lowest BCUT2D eigenvalue weighted by molar-refractivity contribution is -0.115. The Balaban J connectivity index is 1.45. The average molecular weight is 416 g/mol. The van der Waals surface area contributed by atoms with Crippen LogP contribution < -0.4 is 10.6 Å². The Morgan fingerprint density at radius 3 is 2.27 bits per heavy atom. The molecule has 1 aromatic heterocycles. The summed E-state index contributed by atoms with van der Waals surface area (Å²) in [5.41, 5.74) is 5.14. The van der Waals surface area contributed by atoms with Crippen molar-refractivity contribution in [3.05, 3.63) is 77.9 Å². The molecule has 0 radical (unpaired) electrons. The molecular weight excluding hydrogens is 394 g/mol. The molecule has 2 N–H and O–H groups in total. The van der Waals surface area contributed by atoms with Crippen LogP contribution in [0.15, 0.2) is 66.7 Å². The predicted molar refractivity (Wildman–Crippen MR) is 123 cm³/mol. The van der Waals surface area contributed by atoms with Crippen molar-refractivity contribution in [2.24, 2.45) is 0 Å². The standard InChI is InChI=1S/C24H21N3O2S/c1-3-22(28)25-18-9-5-16(6-10-18)23(29)26-19-11-7-17(8-12-19)24-27-20-13-4-15(2)14-21(20)30-24/h4-14H,3H2,1-2H3,(H,25,28)(H,26,29). The molecule has 0 aliphatic rings. The van der Waals surface area contributed by atoms with Crippen LogP contribution in [-0.2, 0) is 4.79 Å². The number of aryl methyl sites for hydroxylation is 1. The number of rotatable bonds is 5. The number of carbonyl (C=O) groups excluding carboxylic acids is 2. The lowest BCUT2D eigenvalue weighted by Gasteiger charge is -2.07. The van der Waals surface area contributed by atoms with Gasteiger partial charge in [-0.3, -0.25) is 9.59 Å². The zero-order valence-corrected chi connectivity index (χ0v) is 17.5. The summed E-state index contributed by atoms with van der Waals surface area (Å²) in [6, 6.07) is 20.8. The van der Waals surface area contributed by atoms with E-state index in [-0.39, 0.29) is 11.8 Å². The highest BCUT2D eigenvalue weighted by atomic mass is 32.1. The smallest absolute Gasteiger partial charge is 0.255 e. The van der Waals surface area contributed by atoms with Gasteiger partial charge in [0.05, 0.1) is 10.2 Å². The van der Waals surface area contributed by atoms with Crippen molar-refractivity contribution in [1.82, 2.24) is 4.98 Å². The largest absolute Gasteiger partial charge is 0.326 e. The summed E-state index contributed by atoms with van der Waals surface area (Å²) in [6.45, 7) is 3.87. The van der Waals surface area contributed by atoms with Gasteiger partial charge in [0.25, 0.3) is 5.91 Å². The maximum absolute atomic E-state index is 12.5. The molecule has 3 aromatic carbocycles. The first-order chi connectivity index (χ1) is 14.5. The highest BCUT2D eigenvalue weighted by Crippen LogP contribution is 2.31. The minimum Gasteiger partial charge on any atom is -0.326 e. The topological polar surface area (TPSA) is 71.1 Å². The van der Waals surface area contributed by atoms with Crippen LogP contribution in [0.5, 0.6) is 0 Å². The van der Waals surface area contributed by atoms with Gasteiger partial charge in [-0.15, -0.1) is 11.3 Å². The van der Waals surface area contributed by atoms with Gasteiger partial charge in [0.15, 0.2) is 0 Å². The molecule has 0 aliphatic heterocycles. The second-order valence-electron chi connectivity index (χ2n) is 7.00. The van der Waals surface area contributed by atoms with Gasteiger partial charge in [0.2, 0.25) is 5.91 Å². The Morgan fingerprint density at radius 1 is 0.900 bits per heavy atom. The van der Waals surface area contributed by atoms with Crippen molar-refractivity contribution in [3.8, 4) is 10.6 Å². The summed E-state index contributed by atoms with van der Waals surface area (Å²) in [5.74, 6) is -0.262. The predicted octanol–water partition coefficient (Wildman–Crippen LogP) is 5.87. The second kappa shape index (κ2) is 8.47. The van der Waals surface area contributed by atoms with Crippen molar-refractivity contribution in [2.45, 2.75) is 20.3 Å². The normalized spacial score (nSPS) is 10.7.